The second-order valence-electron chi connectivity index (χ2n) is 6.47. The minimum atomic E-state index is -0.830. The van der Waals surface area contributed by atoms with Crippen LogP contribution in [0, 0.1) is 5.92 Å². The second kappa shape index (κ2) is 4.47. The molecular weight excluding hydrogens is 244 g/mol. The number of piperazine rings is 1. The number of amides is 2. The molecule has 1 saturated heterocycles. The first-order valence-corrected chi connectivity index (χ1v) is 6.90. The summed E-state index contributed by atoms with van der Waals surface area (Å²) in [5.74, 6) is 0.214. The Kier molecular flexibility index (Phi) is 3.37. The number of methoxy groups -OCH3 is 1. The monoisotopic (exact) mass is 268 g/mol. The van der Waals surface area contributed by atoms with Crippen LogP contribution in [0.15, 0.2) is 0 Å². The molecular formula is C14H24N2O3. The largest absolute Gasteiger partial charge is 0.383 e. The van der Waals surface area contributed by atoms with Gasteiger partial charge in [0.2, 0.25) is 11.8 Å². The van der Waals surface area contributed by atoms with Crippen molar-refractivity contribution in [1.82, 2.24) is 10.2 Å². The topological polar surface area (TPSA) is 58.6 Å². The van der Waals surface area contributed by atoms with Gasteiger partial charge in [0.25, 0.3) is 0 Å². The van der Waals surface area contributed by atoms with E-state index in [1.165, 1.54) is 0 Å². The molecule has 0 radical (unpaired) electrons. The van der Waals surface area contributed by atoms with Crippen LogP contribution in [0.3, 0.4) is 0 Å². The van der Waals surface area contributed by atoms with Crippen LogP contribution in [-0.2, 0) is 14.3 Å². The highest BCUT2D eigenvalue weighted by molar-refractivity contribution is 6.02. The summed E-state index contributed by atoms with van der Waals surface area (Å²) < 4.78 is 5.15. The molecule has 2 rings (SSSR count). The van der Waals surface area contributed by atoms with Crippen molar-refractivity contribution in [1.29, 1.82) is 0 Å². The molecule has 2 unspecified atom stereocenters. The Hall–Kier alpha value is -1.10. The number of hydrogen-bond acceptors (Lipinski definition) is 3. The van der Waals surface area contributed by atoms with E-state index in [1.54, 1.807) is 25.9 Å². The zero-order chi connectivity index (χ0) is 14.4. The molecule has 1 heterocycles. The highest BCUT2D eigenvalue weighted by atomic mass is 16.5. The van der Waals surface area contributed by atoms with Gasteiger partial charge in [-0.2, -0.15) is 0 Å². The van der Waals surface area contributed by atoms with Gasteiger partial charge in [-0.3, -0.25) is 9.59 Å². The summed E-state index contributed by atoms with van der Waals surface area (Å²) in [6.07, 6.45) is 2.02. The van der Waals surface area contributed by atoms with Gasteiger partial charge in [0.05, 0.1) is 12.6 Å². The molecule has 0 aromatic carbocycles. The van der Waals surface area contributed by atoms with E-state index in [0.29, 0.717) is 6.61 Å². The predicted octanol–water partition coefficient (Wildman–Crippen LogP) is 0.927. The third-order valence-corrected chi connectivity index (χ3v) is 4.44. The maximum atomic E-state index is 12.9. The lowest BCUT2D eigenvalue weighted by atomic mass is 9.84. The van der Waals surface area contributed by atoms with Crippen LogP contribution < -0.4 is 5.32 Å². The molecule has 1 N–H and O–H groups in total. The van der Waals surface area contributed by atoms with Crippen molar-refractivity contribution in [2.45, 2.75) is 57.7 Å². The van der Waals surface area contributed by atoms with E-state index >= 15 is 0 Å². The van der Waals surface area contributed by atoms with Gasteiger partial charge in [0, 0.05) is 7.11 Å². The zero-order valence-corrected chi connectivity index (χ0v) is 12.4. The molecule has 0 bridgehead atoms. The lowest BCUT2D eigenvalue weighted by Crippen LogP contribution is -2.75. The summed E-state index contributed by atoms with van der Waals surface area (Å²) in [5, 5.41) is 2.95. The van der Waals surface area contributed by atoms with Gasteiger partial charge in [0.15, 0.2) is 0 Å². The smallest absolute Gasteiger partial charge is 0.249 e. The quantitative estimate of drug-likeness (QED) is 0.825. The van der Waals surface area contributed by atoms with Crippen molar-refractivity contribution in [2.75, 3.05) is 13.7 Å². The Morgan fingerprint density at radius 2 is 1.95 bits per heavy atom. The van der Waals surface area contributed by atoms with E-state index in [0.717, 1.165) is 12.8 Å². The highest BCUT2D eigenvalue weighted by Gasteiger charge is 2.58. The van der Waals surface area contributed by atoms with Gasteiger partial charge < -0.3 is 15.0 Å². The van der Waals surface area contributed by atoms with Crippen molar-refractivity contribution in [3.8, 4) is 0 Å². The first-order valence-electron chi connectivity index (χ1n) is 6.90. The Morgan fingerprint density at radius 3 is 2.42 bits per heavy atom. The lowest BCUT2D eigenvalue weighted by molar-refractivity contribution is -0.165. The molecule has 2 fully saturated rings. The number of carbonyl (C=O) groups excluding carboxylic acids is 2. The molecule has 5 heteroatoms. The van der Waals surface area contributed by atoms with Crippen LogP contribution >= 0.6 is 0 Å². The summed E-state index contributed by atoms with van der Waals surface area (Å²) in [6.45, 7) is 7.79. The molecule has 0 aromatic rings. The molecule has 0 aromatic heterocycles. The van der Waals surface area contributed by atoms with E-state index in [9.17, 15) is 9.59 Å². The van der Waals surface area contributed by atoms with Crippen LogP contribution in [0.4, 0.5) is 0 Å². The molecule has 1 saturated carbocycles. The first kappa shape index (κ1) is 14.3. The van der Waals surface area contributed by atoms with Crippen molar-refractivity contribution in [3.63, 3.8) is 0 Å². The third kappa shape index (κ3) is 2.14. The Morgan fingerprint density at radius 1 is 1.37 bits per heavy atom. The normalized spacial score (nSPS) is 32.2. The van der Waals surface area contributed by atoms with E-state index < -0.39 is 11.1 Å². The van der Waals surface area contributed by atoms with Gasteiger partial charge in [-0.1, -0.05) is 0 Å². The Labute approximate surface area is 114 Å². The van der Waals surface area contributed by atoms with Crippen molar-refractivity contribution >= 4 is 11.8 Å². The number of ether oxygens (including phenoxy) is 1. The Balaban J connectivity index is 2.34. The predicted molar refractivity (Wildman–Crippen MR) is 71.5 cm³/mol. The van der Waals surface area contributed by atoms with Crippen molar-refractivity contribution in [2.24, 2.45) is 5.92 Å². The molecule has 1 aliphatic carbocycles. The first-order chi connectivity index (χ1) is 8.75. The lowest BCUT2D eigenvalue weighted by Gasteiger charge is -2.51. The number of carbonyl (C=O) groups is 2. The number of hydrogen-bond donors (Lipinski definition) is 1. The number of rotatable bonds is 4. The molecule has 0 spiro atoms. The van der Waals surface area contributed by atoms with Crippen LogP contribution in [0.2, 0.25) is 0 Å². The van der Waals surface area contributed by atoms with Gasteiger partial charge in [-0.25, -0.2) is 0 Å². The van der Waals surface area contributed by atoms with Crippen LogP contribution in [-0.4, -0.2) is 47.6 Å². The van der Waals surface area contributed by atoms with E-state index in [4.69, 9.17) is 4.74 Å². The van der Waals surface area contributed by atoms with Gasteiger partial charge in [-0.15, -0.1) is 0 Å². The van der Waals surface area contributed by atoms with Crippen LogP contribution in [0.1, 0.15) is 40.5 Å². The van der Waals surface area contributed by atoms with Gasteiger partial charge >= 0.3 is 0 Å². The van der Waals surface area contributed by atoms with Gasteiger partial charge in [0.1, 0.15) is 11.1 Å². The minimum Gasteiger partial charge on any atom is -0.383 e. The van der Waals surface area contributed by atoms with Crippen LogP contribution in [0.5, 0.6) is 0 Å². The summed E-state index contributed by atoms with van der Waals surface area (Å²) >= 11 is 0. The fraction of sp³-hybridized carbons (Fsp3) is 0.857. The third-order valence-electron chi connectivity index (χ3n) is 4.44. The summed E-state index contributed by atoms with van der Waals surface area (Å²) in [4.78, 5) is 26.9. The Bertz CT molecular complexity index is 403. The highest BCUT2D eigenvalue weighted by Crippen LogP contribution is 2.44. The average Bonchev–Trinajstić information content (AvgIpc) is 3.11. The van der Waals surface area contributed by atoms with Crippen molar-refractivity contribution in [3.05, 3.63) is 0 Å². The maximum Gasteiger partial charge on any atom is 0.249 e. The molecule has 2 aliphatic rings. The molecule has 2 amide bonds. The molecule has 5 nitrogen and oxygen atoms in total. The summed E-state index contributed by atoms with van der Waals surface area (Å²) in [7, 11) is 1.61. The zero-order valence-electron chi connectivity index (χ0n) is 12.4. The fourth-order valence-electron chi connectivity index (χ4n) is 3.06. The molecule has 19 heavy (non-hydrogen) atoms. The van der Waals surface area contributed by atoms with Crippen LogP contribution in [0.25, 0.3) is 0 Å². The van der Waals surface area contributed by atoms with E-state index in [1.807, 2.05) is 13.8 Å². The summed E-state index contributed by atoms with van der Waals surface area (Å²) in [6, 6.07) is -0.114. The average molecular weight is 268 g/mol. The maximum absolute atomic E-state index is 12.9. The van der Waals surface area contributed by atoms with E-state index in [2.05, 4.69) is 5.32 Å². The summed E-state index contributed by atoms with van der Waals surface area (Å²) in [5.41, 5.74) is -1.57. The molecule has 108 valence electrons. The molecule has 1 aliphatic heterocycles. The van der Waals surface area contributed by atoms with Crippen molar-refractivity contribution < 1.29 is 14.3 Å². The fourth-order valence-corrected chi connectivity index (χ4v) is 3.06. The standard InChI is InChI=1S/C14H24N2O3/c1-9(8-19-5)16-12(18)14(4,10-6-7-10)15-11(17)13(16,2)3/h9-10H,6-8H2,1-5H3,(H,15,17). The minimum absolute atomic E-state index is 0.0177. The van der Waals surface area contributed by atoms with Gasteiger partial charge in [-0.05, 0) is 46.5 Å². The SMILES string of the molecule is COCC(C)N1C(=O)C(C)(C2CC2)NC(=O)C1(C)C. The molecule has 2 atom stereocenters. The number of nitrogens with one attached hydrogen (secondary N) is 1. The second-order valence-corrected chi connectivity index (χ2v) is 6.47. The number of nitrogens with zero attached hydrogens (tertiary/aromatic N) is 1. The van der Waals surface area contributed by atoms with E-state index in [-0.39, 0.29) is 23.8 Å².